The van der Waals surface area contributed by atoms with Gasteiger partial charge in [0.2, 0.25) is 5.91 Å². The van der Waals surface area contributed by atoms with E-state index in [2.05, 4.69) is 15.0 Å². The smallest absolute Gasteiger partial charge is 0.381 e. The van der Waals surface area contributed by atoms with E-state index in [4.69, 9.17) is 0 Å². The van der Waals surface area contributed by atoms with Gasteiger partial charge in [-0.1, -0.05) is 19.3 Å². The normalized spacial score (nSPS) is 15.5. The zero-order valence-corrected chi connectivity index (χ0v) is 12.7. The maximum Gasteiger partial charge on any atom is 0.381 e. The number of thiazole rings is 1. The van der Waals surface area contributed by atoms with Crippen LogP contribution in [0.1, 0.15) is 49.5 Å². The second-order valence-electron chi connectivity index (χ2n) is 4.91. The fraction of sp³-hybridized carbons (Fsp3) is 0.571. The third-order valence-electron chi connectivity index (χ3n) is 3.40. The highest BCUT2D eigenvalue weighted by Gasteiger charge is 2.24. The number of ether oxygens (including phenoxy) is 1. The van der Waals surface area contributed by atoms with Gasteiger partial charge in [-0.3, -0.25) is 9.59 Å². The van der Waals surface area contributed by atoms with Gasteiger partial charge in [0, 0.05) is 11.3 Å². The molecule has 1 aliphatic rings. The summed E-state index contributed by atoms with van der Waals surface area (Å²) in [6.07, 6.45) is 5.11. The molecule has 114 valence electrons. The number of hydrogen-bond donors (Lipinski definition) is 1. The van der Waals surface area contributed by atoms with Gasteiger partial charge in [-0.25, -0.2) is 9.78 Å². The highest BCUT2D eigenvalue weighted by molar-refractivity contribution is 7.14. The van der Waals surface area contributed by atoms with Crippen LogP contribution in [0.5, 0.6) is 0 Å². The van der Waals surface area contributed by atoms with E-state index >= 15 is 0 Å². The Kier molecular flexibility index (Phi) is 5.44. The largest absolute Gasteiger partial charge is 0.460 e. The van der Waals surface area contributed by atoms with Crippen LogP contribution in [0, 0.1) is 5.92 Å². The standard InChI is InChI=1S/C14H18N2O4S/c1-2-20-13(19)11(17)10-8-21-14(15-10)16-12(18)9-6-4-3-5-7-9/h8-9H,2-7H2,1H3,(H,15,16,18). The number of aromatic nitrogens is 1. The lowest BCUT2D eigenvalue weighted by molar-refractivity contribution is -0.137. The average Bonchev–Trinajstić information content (AvgIpc) is 2.96. The molecule has 0 radical (unpaired) electrons. The second kappa shape index (κ2) is 7.31. The van der Waals surface area contributed by atoms with Crippen LogP contribution in [0.2, 0.25) is 0 Å². The summed E-state index contributed by atoms with van der Waals surface area (Å²) in [6, 6.07) is 0. The summed E-state index contributed by atoms with van der Waals surface area (Å²) in [7, 11) is 0. The molecule has 1 fully saturated rings. The Morgan fingerprint density at radius 3 is 2.71 bits per heavy atom. The van der Waals surface area contributed by atoms with Crippen molar-refractivity contribution in [2.75, 3.05) is 11.9 Å². The summed E-state index contributed by atoms with van der Waals surface area (Å²) in [5.41, 5.74) is 0.0115. The molecule has 21 heavy (non-hydrogen) atoms. The molecule has 1 saturated carbocycles. The van der Waals surface area contributed by atoms with E-state index in [-0.39, 0.29) is 24.1 Å². The third-order valence-corrected chi connectivity index (χ3v) is 4.16. The van der Waals surface area contributed by atoms with E-state index in [0.29, 0.717) is 5.13 Å². The molecule has 1 heterocycles. The van der Waals surface area contributed by atoms with Crippen LogP contribution >= 0.6 is 11.3 Å². The zero-order valence-electron chi connectivity index (χ0n) is 11.9. The predicted molar refractivity (Wildman–Crippen MR) is 78.3 cm³/mol. The van der Waals surface area contributed by atoms with Gasteiger partial charge >= 0.3 is 5.97 Å². The number of carbonyl (C=O) groups excluding carboxylic acids is 3. The number of rotatable bonds is 5. The van der Waals surface area contributed by atoms with Gasteiger partial charge < -0.3 is 10.1 Å². The Balaban J connectivity index is 1.94. The van der Waals surface area contributed by atoms with Crippen molar-refractivity contribution in [3.05, 3.63) is 11.1 Å². The highest BCUT2D eigenvalue weighted by Crippen LogP contribution is 2.25. The van der Waals surface area contributed by atoms with Gasteiger partial charge in [0.15, 0.2) is 5.13 Å². The Hall–Kier alpha value is -1.76. The van der Waals surface area contributed by atoms with Gasteiger partial charge in [0.25, 0.3) is 5.78 Å². The summed E-state index contributed by atoms with van der Waals surface area (Å²) in [5, 5.41) is 4.52. The van der Waals surface area contributed by atoms with Crippen molar-refractivity contribution in [3.63, 3.8) is 0 Å². The molecular weight excluding hydrogens is 292 g/mol. The number of hydrogen-bond acceptors (Lipinski definition) is 6. The van der Waals surface area contributed by atoms with Crippen molar-refractivity contribution < 1.29 is 19.1 Å². The van der Waals surface area contributed by atoms with E-state index in [0.717, 1.165) is 37.0 Å². The number of esters is 1. The van der Waals surface area contributed by atoms with Crippen molar-refractivity contribution in [1.82, 2.24) is 4.98 Å². The summed E-state index contributed by atoms with van der Waals surface area (Å²) >= 11 is 1.13. The molecule has 0 atom stereocenters. The lowest BCUT2D eigenvalue weighted by Crippen LogP contribution is -2.24. The van der Waals surface area contributed by atoms with E-state index in [1.807, 2.05) is 0 Å². The maximum atomic E-state index is 12.1. The number of ketones is 1. The van der Waals surface area contributed by atoms with Crippen LogP contribution in [0.3, 0.4) is 0 Å². The predicted octanol–water partition coefficient (Wildman–Crippen LogP) is 2.41. The molecule has 0 saturated heterocycles. The van der Waals surface area contributed by atoms with Crippen LogP contribution in [-0.4, -0.2) is 29.3 Å². The number of amides is 1. The van der Waals surface area contributed by atoms with Gasteiger partial charge in [-0.2, -0.15) is 0 Å². The first-order valence-electron chi connectivity index (χ1n) is 7.09. The topological polar surface area (TPSA) is 85.4 Å². The quantitative estimate of drug-likeness (QED) is 0.513. The molecule has 0 bridgehead atoms. The molecule has 0 unspecified atom stereocenters. The highest BCUT2D eigenvalue weighted by atomic mass is 32.1. The number of nitrogens with one attached hydrogen (secondary N) is 1. The second-order valence-corrected chi connectivity index (χ2v) is 5.77. The van der Waals surface area contributed by atoms with Crippen LogP contribution in [0.4, 0.5) is 5.13 Å². The first-order valence-corrected chi connectivity index (χ1v) is 7.97. The molecule has 6 nitrogen and oxygen atoms in total. The molecule has 1 aliphatic carbocycles. The Morgan fingerprint density at radius 1 is 1.33 bits per heavy atom. The first kappa shape index (κ1) is 15.6. The summed E-state index contributed by atoms with van der Waals surface area (Å²) < 4.78 is 4.63. The van der Waals surface area contributed by atoms with E-state index < -0.39 is 11.8 Å². The molecule has 1 N–H and O–H groups in total. The van der Waals surface area contributed by atoms with Gasteiger partial charge in [-0.05, 0) is 19.8 Å². The number of anilines is 1. The Labute approximate surface area is 126 Å². The molecule has 2 rings (SSSR count). The molecule has 7 heteroatoms. The molecule has 1 aromatic rings. The lowest BCUT2D eigenvalue weighted by atomic mass is 9.89. The molecule has 1 aromatic heterocycles. The van der Waals surface area contributed by atoms with E-state index in [1.54, 1.807) is 6.92 Å². The average molecular weight is 310 g/mol. The van der Waals surface area contributed by atoms with Gasteiger partial charge in [0.05, 0.1) is 6.61 Å². The Morgan fingerprint density at radius 2 is 2.05 bits per heavy atom. The van der Waals surface area contributed by atoms with Gasteiger partial charge in [0.1, 0.15) is 5.69 Å². The first-order chi connectivity index (χ1) is 10.1. The van der Waals surface area contributed by atoms with Gasteiger partial charge in [-0.15, -0.1) is 11.3 Å². The Bertz CT molecular complexity index is 535. The fourth-order valence-corrected chi connectivity index (χ4v) is 3.00. The van der Waals surface area contributed by atoms with Crippen molar-refractivity contribution in [1.29, 1.82) is 0 Å². The zero-order chi connectivity index (χ0) is 15.2. The van der Waals surface area contributed by atoms with Crippen molar-refractivity contribution >= 4 is 34.1 Å². The minimum absolute atomic E-state index is 0.0115. The lowest BCUT2D eigenvalue weighted by Gasteiger charge is -2.19. The van der Waals surface area contributed by atoms with Crippen molar-refractivity contribution in [3.8, 4) is 0 Å². The number of Topliss-reactive ketones (excluding diaryl/α,β-unsaturated/α-hetero) is 1. The number of nitrogens with zero attached hydrogens (tertiary/aromatic N) is 1. The van der Waals surface area contributed by atoms with E-state index in [9.17, 15) is 14.4 Å². The summed E-state index contributed by atoms with van der Waals surface area (Å²) in [6.45, 7) is 1.77. The van der Waals surface area contributed by atoms with E-state index in [1.165, 1.54) is 11.8 Å². The van der Waals surface area contributed by atoms with Crippen LogP contribution in [0.15, 0.2) is 5.38 Å². The van der Waals surface area contributed by atoms with Crippen LogP contribution in [-0.2, 0) is 14.3 Å². The monoisotopic (exact) mass is 310 g/mol. The fourth-order valence-electron chi connectivity index (χ4n) is 2.31. The third kappa shape index (κ3) is 4.10. The number of carbonyl (C=O) groups is 3. The van der Waals surface area contributed by atoms with Crippen LogP contribution in [0.25, 0.3) is 0 Å². The van der Waals surface area contributed by atoms with Crippen molar-refractivity contribution in [2.45, 2.75) is 39.0 Å². The SMILES string of the molecule is CCOC(=O)C(=O)c1csc(NC(=O)C2CCCCC2)n1. The molecule has 0 aliphatic heterocycles. The molecule has 0 spiro atoms. The summed E-state index contributed by atoms with van der Waals surface area (Å²) in [4.78, 5) is 39.1. The minimum atomic E-state index is -0.923. The molecule has 0 aromatic carbocycles. The van der Waals surface area contributed by atoms with Crippen LogP contribution < -0.4 is 5.32 Å². The minimum Gasteiger partial charge on any atom is -0.460 e. The maximum absolute atomic E-state index is 12.1. The van der Waals surface area contributed by atoms with Crippen molar-refractivity contribution in [2.24, 2.45) is 5.92 Å². The summed E-state index contributed by atoms with van der Waals surface area (Å²) in [5.74, 6) is -1.75. The molecule has 1 amide bonds. The molecular formula is C14H18N2O4S.